The summed E-state index contributed by atoms with van der Waals surface area (Å²) in [5, 5.41) is 7.27. The van der Waals surface area contributed by atoms with Crippen molar-refractivity contribution < 1.29 is 0 Å². The van der Waals surface area contributed by atoms with E-state index >= 15 is 0 Å². The first kappa shape index (κ1) is 30.3. The molecule has 3 heterocycles. The zero-order chi connectivity index (χ0) is 35.6. The summed E-state index contributed by atoms with van der Waals surface area (Å²) in [6, 6.07) is 69.0. The van der Waals surface area contributed by atoms with Crippen LogP contribution in [-0.2, 0) is 0 Å². The van der Waals surface area contributed by atoms with Gasteiger partial charge in [0.05, 0.1) is 39.1 Å². The number of aromatic nitrogens is 4. The number of para-hydroxylation sites is 3. The van der Waals surface area contributed by atoms with E-state index in [0.717, 1.165) is 50.2 Å². The highest BCUT2D eigenvalue weighted by molar-refractivity contribution is 6.19. The number of rotatable bonds is 5. The van der Waals surface area contributed by atoms with Gasteiger partial charge in [0.25, 0.3) is 0 Å². The molecular formula is C50H32N4. The Labute approximate surface area is 311 Å². The molecule has 0 saturated heterocycles. The zero-order valence-electron chi connectivity index (χ0n) is 29.3. The minimum absolute atomic E-state index is 0.704. The molecule has 4 heteroatoms. The second-order valence-electron chi connectivity index (χ2n) is 13.8. The Balaban J connectivity index is 1.14. The van der Waals surface area contributed by atoms with Gasteiger partial charge in [-0.1, -0.05) is 140 Å². The molecule has 54 heavy (non-hydrogen) atoms. The van der Waals surface area contributed by atoms with Gasteiger partial charge in [-0.15, -0.1) is 0 Å². The standard InChI is InChI=1S/C50H32N4/c1-4-15-33(16-5-1)43-31-44(34-17-6-2-7-18-34)52-50(51-43)36-27-28-38-35(29-36)19-14-26-45(38)54-47-25-13-11-23-40(47)42-30-41-39-22-10-12-24-46(39)53(48(41)32-49(42)54)37-20-8-3-9-21-37/h1-32H. The minimum Gasteiger partial charge on any atom is -0.309 e. The van der Waals surface area contributed by atoms with E-state index in [0.29, 0.717) is 5.82 Å². The van der Waals surface area contributed by atoms with Crippen LogP contribution in [0.25, 0.3) is 99.7 Å². The van der Waals surface area contributed by atoms with Crippen LogP contribution in [0.5, 0.6) is 0 Å². The number of benzene rings is 8. The molecule has 0 N–H and O–H groups in total. The molecule has 11 rings (SSSR count). The van der Waals surface area contributed by atoms with Gasteiger partial charge in [-0.3, -0.25) is 0 Å². The highest BCUT2D eigenvalue weighted by Crippen LogP contribution is 2.41. The molecule has 252 valence electrons. The second-order valence-corrected chi connectivity index (χ2v) is 13.8. The first-order chi connectivity index (χ1) is 26.8. The lowest BCUT2D eigenvalue weighted by Crippen LogP contribution is -1.98. The predicted molar refractivity (Wildman–Crippen MR) is 225 cm³/mol. The Kier molecular flexibility index (Phi) is 6.82. The van der Waals surface area contributed by atoms with Gasteiger partial charge >= 0.3 is 0 Å². The molecule has 4 nitrogen and oxygen atoms in total. The van der Waals surface area contributed by atoms with Gasteiger partial charge in [-0.2, -0.15) is 0 Å². The first-order valence-corrected chi connectivity index (χ1v) is 18.3. The van der Waals surface area contributed by atoms with Crippen LogP contribution < -0.4 is 0 Å². The maximum absolute atomic E-state index is 5.12. The molecule has 0 aliphatic heterocycles. The monoisotopic (exact) mass is 688 g/mol. The summed E-state index contributed by atoms with van der Waals surface area (Å²) in [6.07, 6.45) is 0. The van der Waals surface area contributed by atoms with Gasteiger partial charge in [0, 0.05) is 49.3 Å². The molecular weight excluding hydrogens is 657 g/mol. The third kappa shape index (κ3) is 4.78. The lowest BCUT2D eigenvalue weighted by molar-refractivity contribution is 1.17. The summed E-state index contributed by atoms with van der Waals surface area (Å²) < 4.78 is 4.84. The predicted octanol–water partition coefficient (Wildman–Crippen LogP) is 12.8. The van der Waals surface area contributed by atoms with Crippen LogP contribution in [0.3, 0.4) is 0 Å². The van der Waals surface area contributed by atoms with Crippen molar-refractivity contribution in [3.05, 3.63) is 194 Å². The van der Waals surface area contributed by atoms with Crippen molar-refractivity contribution >= 4 is 54.4 Å². The number of hydrogen-bond donors (Lipinski definition) is 0. The van der Waals surface area contributed by atoms with Crippen LogP contribution in [0, 0.1) is 0 Å². The maximum Gasteiger partial charge on any atom is 0.160 e. The fourth-order valence-electron chi connectivity index (χ4n) is 8.24. The number of hydrogen-bond acceptors (Lipinski definition) is 2. The summed E-state index contributed by atoms with van der Waals surface area (Å²) in [5.74, 6) is 0.704. The van der Waals surface area contributed by atoms with Gasteiger partial charge in [0.2, 0.25) is 0 Å². The highest BCUT2D eigenvalue weighted by Gasteiger charge is 2.20. The topological polar surface area (TPSA) is 35.6 Å². The van der Waals surface area contributed by atoms with E-state index in [1.807, 2.05) is 12.1 Å². The van der Waals surface area contributed by atoms with E-state index in [4.69, 9.17) is 9.97 Å². The van der Waals surface area contributed by atoms with Crippen molar-refractivity contribution in [1.29, 1.82) is 0 Å². The molecule has 0 radical (unpaired) electrons. The van der Waals surface area contributed by atoms with Gasteiger partial charge < -0.3 is 9.13 Å². The maximum atomic E-state index is 5.12. The lowest BCUT2D eigenvalue weighted by Gasteiger charge is -2.14. The van der Waals surface area contributed by atoms with Gasteiger partial charge in [-0.25, -0.2) is 9.97 Å². The highest BCUT2D eigenvalue weighted by atomic mass is 15.0. The lowest BCUT2D eigenvalue weighted by atomic mass is 10.0. The average molecular weight is 689 g/mol. The largest absolute Gasteiger partial charge is 0.309 e. The van der Waals surface area contributed by atoms with Crippen LogP contribution in [0.1, 0.15) is 0 Å². The summed E-state index contributed by atoms with van der Waals surface area (Å²) in [7, 11) is 0. The molecule has 0 fully saturated rings. The average Bonchev–Trinajstić information content (AvgIpc) is 3.75. The molecule has 0 aliphatic carbocycles. The van der Waals surface area contributed by atoms with Crippen LogP contribution in [0.15, 0.2) is 194 Å². The van der Waals surface area contributed by atoms with Gasteiger partial charge in [-0.05, 0) is 60.0 Å². The summed E-state index contributed by atoms with van der Waals surface area (Å²) in [6.45, 7) is 0. The molecule has 0 bridgehead atoms. The molecule has 3 aromatic heterocycles. The van der Waals surface area contributed by atoms with Crippen molar-refractivity contribution in [3.8, 4) is 45.3 Å². The molecule has 0 spiro atoms. The summed E-state index contributed by atoms with van der Waals surface area (Å²) >= 11 is 0. The SMILES string of the molecule is c1ccc(-c2cc(-c3ccccc3)nc(-c3ccc4c(-n5c6ccccc6c6cc7c8ccccc8n(-c8ccccc8)c7cc65)cccc4c3)n2)cc1. The Morgan fingerprint density at radius 2 is 0.870 bits per heavy atom. The smallest absolute Gasteiger partial charge is 0.160 e. The zero-order valence-corrected chi connectivity index (χ0v) is 29.3. The van der Waals surface area contributed by atoms with Crippen LogP contribution in [-0.4, -0.2) is 19.1 Å². The fraction of sp³-hybridized carbons (Fsp3) is 0. The Bertz CT molecular complexity index is 3140. The van der Waals surface area contributed by atoms with Crippen LogP contribution in [0.2, 0.25) is 0 Å². The van der Waals surface area contributed by atoms with E-state index in [1.54, 1.807) is 0 Å². The van der Waals surface area contributed by atoms with Crippen molar-refractivity contribution in [1.82, 2.24) is 19.1 Å². The Hall–Kier alpha value is -7.30. The van der Waals surface area contributed by atoms with Crippen molar-refractivity contribution in [2.75, 3.05) is 0 Å². The summed E-state index contributed by atoms with van der Waals surface area (Å²) in [4.78, 5) is 10.2. The van der Waals surface area contributed by atoms with Crippen molar-refractivity contribution in [3.63, 3.8) is 0 Å². The molecule has 0 saturated carbocycles. The van der Waals surface area contributed by atoms with E-state index in [-0.39, 0.29) is 0 Å². The third-order valence-corrected chi connectivity index (χ3v) is 10.7. The fourth-order valence-corrected chi connectivity index (χ4v) is 8.24. The molecule has 11 aromatic rings. The molecule has 8 aromatic carbocycles. The van der Waals surface area contributed by atoms with E-state index in [9.17, 15) is 0 Å². The second kappa shape index (κ2) is 12.1. The Morgan fingerprint density at radius 1 is 0.315 bits per heavy atom. The number of nitrogens with zero attached hydrogens (tertiary/aromatic N) is 4. The van der Waals surface area contributed by atoms with Crippen LogP contribution >= 0.6 is 0 Å². The third-order valence-electron chi connectivity index (χ3n) is 10.7. The van der Waals surface area contributed by atoms with E-state index in [1.165, 1.54) is 43.6 Å². The molecule has 0 amide bonds. The van der Waals surface area contributed by atoms with E-state index < -0.39 is 0 Å². The van der Waals surface area contributed by atoms with E-state index in [2.05, 4.69) is 191 Å². The Morgan fingerprint density at radius 3 is 1.52 bits per heavy atom. The van der Waals surface area contributed by atoms with Crippen LogP contribution in [0.4, 0.5) is 0 Å². The quantitative estimate of drug-likeness (QED) is 0.180. The normalized spacial score (nSPS) is 11.7. The molecule has 0 aliphatic rings. The minimum atomic E-state index is 0.704. The van der Waals surface area contributed by atoms with Crippen molar-refractivity contribution in [2.45, 2.75) is 0 Å². The molecule has 0 unspecified atom stereocenters. The summed E-state index contributed by atoms with van der Waals surface area (Å²) in [5.41, 5.74) is 11.9. The van der Waals surface area contributed by atoms with Gasteiger partial charge in [0.1, 0.15) is 0 Å². The first-order valence-electron chi connectivity index (χ1n) is 18.3. The number of fused-ring (bicyclic) bond motifs is 7. The van der Waals surface area contributed by atoms with Crippen molar-refractivity contribution in [2.24, 2.45) is 0 Å². The van der Waals surface area contributed by atoms with Gasteiger partial charge in [0.15, 0.2) is 5.82 Å². The molecule has 0 atom stereocenters.